The SMILES string of the molecule is CCCCCCCNC(=O)c1cccc(OCc2ccccc2Cl)c1. The van der Waals surface area contributed by atoms with Gasteiger partial charge in [-0.3, -0.25) is 4.79 Å². The number of benzene rings is 2. The number of amides is 1. The lowest BCUT2D eigenvalue weighted by Gasteiger charge is -2.10. The molecule has 0 aliphatic rings. The maximum Gasteiger partial charge on any atom is 0.251 e. The molecule has 0 unspecified atom stereocenters. The summed E-state index contributed by atoms with van der Waals surface area (Å²) in [6.07, 6.45) is 5.91. The van der Waals surface area contributed by atoms with Gasteiger partial charge in [0.1, 0.15) is 12.4 Å². The molecule has 2 aromatic carbocycles. The fraction of sp³-hybridized carbons (Fsp3) is 0.381. The van der Waals surface area contributed by atoms with Gasteiger partial charge in [-0.25, -0.2) is 0 Å². The number of nitrogens with one attached hydrogen (secondary N) is 1. The molecule has 0 radical (unpaired) electrons. The van der Waals surface area contributed by atoms with Gasteiger partial charge in [-0.2, -0.15) is 0 Å². The van der Waals surface area contributed by atoms with Gasteiger partial charge in [-0.15, -0.1) is 0 Å². The van der Waals surface area contributed by atoms with Gasteiger partial charge in [0.25, 0.3) is 5.91 Å². The quantitative estimate of drug-likeness (QED) is 0.559. The van der Waals surface area contributed by atoms with Gasteiger partial charge in [0, 0.05) is 22.7 Å². The van der Waals surface area contributed by atoms with Gasteiger partial charge in [-0.1, -0.05) is 68.5 Å². The molecule has 0 aromatic heterocycles. The maximum absolute atomic E-state index is 12.2. The Morgan fingerprint density at radius 3 is 2.64 bits per heavy atom. The van der Waals surface area contributed by atoms with Crippen molar-refractivity contribution in [2.24, 2.45) is 0 Å². The third kappa shape index (κ3) is 6.79. The molecule has 4 heteroatoms. The van der Waals surface area contributed by atoms with Crippen molar-refractivity contribution < 1.29 is 9.53 Å². The van der Waals surface area contributed by atoms with Crippen LogP contribution in [0.5, 0.6) is 5.75 Å². The number of halogens is 1. The molecule has 0 bridgehead atoms. The average Bonchev–Trinajstić information content (AvgIpc) is 2.64. The molecule has 0 aliphatic heterocycles. The van der Waals surface area contributed by atoms with Crippen LogP contribution in [-0.4, -0.2) is 12.5 Å². The topological polar surface area (TPSA) is 38.3 Å². The van der Waals surface area contributed by atoms with Crippen molar-refractivity contribution in [3.63, 3.8) is 0 Å². The number of hydrogen-bond acceptors (Lipinski definition) is 2. The molecule has 2 aromatic rings. The number of hydrogen-bond donors (Lipinski definition) is 1. The number of rotatable bonds is 10. The molecular formula is C21H26ClNO2. The van der Waals surface area contributed by atoms with Crippen LogP contribution >= 0.6 is 11.6 Å². The number of carbonyl (C=O) groups excluding carboxylic acids is 1. The molecule has 134 valence electrons. The minimum absolute atomic E-state index is 0.0568. The van der Waals surface area contributed by atoms with Crippen LogP contribution in [0.2, 0.25) is 5.02 Å². The highest BCUT2D eigenvalue weighted by Crippen LogP contribution is 2.19. The Morgan fingerprint density at radius 2 is 1.84 bits per heavy atom. The molecule has 0 saturated carbocycles. The summed E-state index contributed by atoms with van der Waals surface area (Å²) in [7, 11) is 0. The lowest BCUT2D eigenvalue weighted by Crippen LogP contribution is -2.24. The molecule has 0 aliphatic carbocycles. The van der Waals surface area contributed by atoms with Crippen LogP contribution in [0.3, 0.4) is 0 Å². The minimum Gasteiger partial charge on any atom is -0.489 e. The van der Waals surface area contributed by atoms with Crippen molar-refractivity contribution in [2.75, 3.05) is 6.54 Å². The molecule has 0 spiro atoms. The van der Waals surface area contributed by atoms with Gasteiger partial charge in [0.15, 0.2) is 0 Å². The first-order chi connectivity index (χ1) is 12.2. The van der Waals surface area contributed by atoms with E-state index < -0.39 is 0 Å². The smallest absolute Gasteiger partial charge is 0.251 e. The summed E-state index contributed by atoms with van der Waals surface area (Å²) in [5, 5.41) is 3.65. The second-order valence-electron chi connectivity index (χ2n) is 6.08. The van der Waals surface area contributed by atoms with Crippen LogP contribution in [0, 0.1) is 0 Å². The van der Waals surface area contributed by atoms with Crippen molar-refractivity contribution in [3.05, 3.63) is 64.7 Å². The lowest BCUT2D eigenvalue weighted by atomic mass is 10.1. The predicted octanol–water partition coefficient (Wildman–Crippen LogP) is 5.62. The third-order valence-electron chi connectivity index (χ3n) is 4.01. The van der Waals surface area contributed by atoms with Crippen molar-refractivity contribution in [2.45, 2.75) is 45.6 Å². The number of ether oxygens (including phenoxy) is 1. The van der Waals surface area contributed by atoms with Crippen molar-refractivity contribution in [1.29, 1.82) is 0 Å². The minimum atomic E-state index is -0.0568. The highest BCUT2D eigenvalue weighted by Gasteiger charge is 2.07. The zero-order valence-electron chi connectivity index (χ0n) is 14.8. The zero-order chi connectivity index (χ0) is 17.9. The van der Waals surface area contributed by atoms with Crippen LogP contribution in [0.25, 0.3) is 0 Å². The number of carbonyl (C=O) groups is 1. The highest BCUT2D eigenvalue weighted by atomic mass is 35.5. The molecule has 25 heavy (non-hydrogen) atoms. The first kappa shape index (κ1) is 19.3. The van der Waals surface area contributed by atoms with E-state index in [2.05, 4.69) is 12.2 Å². The highest BCUT2D eigenvalue weighted by molar-refractivity contribution is 6.31. The maximum atomic E-state index is 12.2. The molecular weight excluding hydrogens is 334 g/mol. The van der Waals surface area contributed by atoms with E-state index in [1.54, 1.807) is 12.1 Å². The standard InChI is InChI=1S/C21H26ClNO2/c1-2-3-4-5-8-14-23-21(24)17-11-9-12-19(15-17)25-16-18-10-6-7-13-20(18)22/h6-7,9-13,15H,2-5,8,14,16H2,1H3,(H,23,24). The number of unbranched alkanes of at least 4 members (excludes halogenated alkanes) is 4. The van der Waals surface area contributed by atoms with E-state index in [9.17, 15) is 4.79 Å². The van der Waals surface area contributed by atoms with Crippen LogP contribution < -0.4 is 10.1 Å². The Kier molecular flexibility index (Phi) is 8.33. The average molecular weight is 360 g/mol. The van der Waals surface area contributed by atoms with Crippen molar-refractivity contribution >= 4 is 17.5 Å². The first-order valence-corrected chi connectivity index (χ1v) is 9.33. The van der Waals surface area contributed by atoms with Gasteiger partial charge in [0.05, 0.1) is 0 Å². The largest absolute Gasteiger partial charge is 0.489 e. The summed E-state index contributed by atoms with van der Waals surface area (Å²) in [5.74, 6) is 0.606. The Morgan fingerprint density at radius 1 is 1.04 bits per heavy atom. The van der Waals surface area contributed by atoms with E-state index in [-0.39, 0.29) is 5.91 Å². The van der Waals surface area contributed by atoms with E-state index in [0.29, 0.717) is 29.5 Å². The Balaban J connectivity index is 1.81. The predicted molar refractivity (Wildman–Crippen MR) is 103 cm³/mol. The van der Waals surface area contributed by atoms with E-state index in [1.807, 2.05) is 36.4 Å². The first-order valence-electron chi connectivity index (χ1n) is 8.95. The fourth-order valence-corrected chi connectivity index (χ4v) is 2.73. The summed E-state index contributed by atoms with van der Waals surface area (Å²) in [6, 6.07) is 14.8. The Labute approximate surface area is 155 Å². The summed E-state index contributed by atoms with van der Waals surface area (Å²) in [5.41, 5.74) is 1.54. The molecule has 1 N–H and O–H groups in total. The van der Waals surface area contributed by atoms with Gasteiger partial charge in [0.2, 0.25) is 0 Å². The fourth-order valence-electron chi connectivity index (χ4n) is 2.54. The second-order valence-corrected chi connectivity index (χ2v) is 6.49. The van der Waals surface area contributed by atoms with E-state index >= 15 is 0 Å². The summed E-state index contributed by atoms with van der Waals surface area (Å²) >= 11 is 6.13. The Bertz CT molecular complexity index is 672. The van der Waals surface area contributed by atoms with Crippen LogP contribution in [0.4, 0.5) is 0 Å². The molecule has 2 rings (SSSR count). The zero-order valence-corrected chi connectivity index (χ0v) is 15.5. The van der Waals surface area contributed by atoms with E-state index in [0.717, 1.165) is 18.4 Å². The molecule has 0 atom stereocenters. The normalized spacial score (nSPS) is 10.5. The molecule has 0 heterocycles. The Hall–Kier alpha value is -2.00. The molecule has 0 saturated heterocycles. The van der Waals surface area contributed by atoms with Crippen LogP contribution in [-0.2, 0) is 6.61 Å². The lowest BCUT2D eigenvalue weighted by molar-refractivity contribution is 0.0952. The molecule has 1 amide bonds. The second kappa shape index (κ2) is 10.8. The summed E-state index contributed by atoms with van der Waals surface area (Å²) in [6.45, 7) is 3.29. The van der Waals surface area contributed by atoms with Crippen LogP contribution in [0.1, 0.15) is 54.9 Å². The van der Waals surface area contributed by atoms with Gasteiger partial charge < -0.3 is 10.1 Å². The van der Waals surface area contributed by atoms with Gasteiger partial charge in [-0.05, 0) is 30.7 Å². The summed E-state index contributed by atoms with van der Waals surface area (Å²) < 4.78 is 5.77. The van der Waals surface area contributed by atoms with Crippen molar-refractivity contribution in [3.8, 4) is 5.75 Å². The monoisotopic (exact) mass is 359 g/mol. The van der Waals surface area contributed by atoms with E-state index in [4.69, 9.17) is 16.3 Å². The van der Waals surface area contributed by atoms with Gasteiger partial charge >= 0.3 is 0 Å². The molecule has 0 fully saturated rings. The third-order valence-corrected chi connectivity index (χ3v) is 4.38. The van der Waals surface area contributed by atoms with Crippen LogP contribution in [0.15, 0.2) is 48.5 Å². The van der Waals surface area contributed by atoms with E-state index in [1.165, 1.54) is 19.3 Å². The summed E-state index contributed by atoms with van der Waals surface area (Å²) in [4.78, 5) is 12.2. The molecule has 3 nitrogen and oxygen atoms in total. The van der Waals surface area contributed by atoms with Crippen molar-refractivity contribution in [1.82, 2.24) is 5.32 Å².